The Hall–Kier alpha value is -3.03. The smallest absolute Gasteiger partial charge is 0.312 e. The summed E-state index contributed by atoms with van der Waals surface area (Å²) in [5.41, 5.74) is 2.95. The number of nitrogens with zero attached hydrogens (tertiary/aromatic N) is 4. The van der Waals surface area contributed by atoms with E-state index in [4.69, 9.17) is 4.52 Å². The van der Waals surface area contributed by atoms with Crippen LogP contribution in [0.15, 0.2) is 28.8 Å². The summed E-state index contributed by atoms with van der Waals surface area (Å²) < 4.78 is 19.9. The minimum Gasteiger partial charge on any atom is -0.356 e. The van der Waals surface area contributed by atoms with Gasteiger partial charge in [0.2, 0.25) is 0 Å². The summed E-state index contributed by atoms with van der Waals surface area (Å²) in [6.45, 7) is 5.34. The van der Waals surface area contributed by atoms with Gasteiger partial charge in [-0.2, -0.15) is 5.10 Å². The zero-order valence-corrected chi connectivity index (χ0v) is 13.4. The number of halogens is 1. The van der Waals surface area contributed by atoms with Gasteiger partial charge in [0.25, 0.3) is 0 Å². The summed E-state index contributed by atoms with van der Waals surface area (Å²) >= 11 is 0. The van der Waals surface area contributed by atoms with Crippen LogP contribution in [0, 0.1) is 36.7 Å². The zero-order valence-electron chi connectivity index (χ0n) is 13.4. The average molecular weight is 330 g/mol. The molecule has 0 atom stereocenters. The monoisotopic (exact) mass is 330 g/mol. The van der Waals surface area contributed by atoms with Crippen LogP contribution in [0.4, 0.5) is 10.1 Å². The first-order chi connectivity index (χ1) is 11.4. The van der Waals surface area contributed by atoms with E-state index in [1.165, 1.54) is 16.8 Å². The molecule has 3 aromatic rings. The van der Waals surface area contributed by atoms with Gasteiger partial charge in [-0.3, -0.25) is 14.8 Å². The molecule has 0 aliphatic rings. The summed E-state index contributed by atoms with van der Waals surface area (Å²) in [5.74, 6) is 0.215. The number of hydrogen-bond acceptors (Lipinski definition) is 5. The minimum absolute atomic E-state index is 0.00917. The number of aryl methyl sites for hydroxylation is 1. The van der Waals surface area contributed by atoms with Gasteiger partial charge in [0, 0.05) is 11.1 Å². The van der Waals surface area contributed by atoms with Crippen LogP contribution in [0.5, 0.6) is 0 Å². The fraction of sp³-hybridized carbons (Fsp3) is 0.250. The quantitative estimate of drug-likeness (QED) is 0.539. The Balaban J connectivity index is 1.94. The highest BCUT2D eigenvalue weighted by atomic mass is 19.1. The lowest BCUT2D eigenvalue weighted by Crippen LogP contribution is -2.05. The predicted molar refractivity (Wildman–Crippen MR) is 84.1 cm³/mol. The highest BCUT2D eigenvalue weighted by Crippen LogP contribution is 2.28. The van der Waals surface area contributed by atoms with Crippen molar-refractivity contribution in [3.05, 3.63) is 62.8 Å². The Morgan fingerprint density at radius 2 is 1.92 bits per heavy atom. The molecule has 0 N–H and O–H groups in total. The van der Waals surface area contributed by atoms with Gasteiger partial charge in [-0.15, -0.1) is 0 Å². The van der Waals surface area contributed by atoms with Crippen molar-refractivity contribution in [3.8, 4) is 11.3 Å². The van der Waals surface area contributed by atoms with Crippen molar-refractivity contribution in [2.24, 2.45) is 0 Å². The maximum Gasteiger partial charge on any atom is 0.312 e. The molecule has 8 heteroatoms. The van der Waals surface area contributed by atoms with E-state index in [1.807, 2.05) is 6.92 Å². The van der Waals surface area contributed by atoms with Gasteiger partial charge in [0.15, 0.2) is 5.76 Å². The molecule has 0 aliphatic carbocycles. The van der Waals surface area contributed by atoms with Crippen molar-refractivity contribution in [3.63, 3.8) is 0 Å². The van der Waals surface area contributed by atoms with Crippen molar-refractivity contribution in [1.29, 1.82) is 0 Å². The third-order valence-electron chi connectivity index (χ3n) is 3.95. The molecule has 7 nitrogen and oxygen atoms in total. The van der Waals surface area contributed by atoms with Gasteiger partial charge in [0.1, 0.15) is 22.9 Å². The second kappa shape index (κ2) is 5.88. The van der Waals surface area contributed by atoms with Crippen LogP contribution in [0.3, 0.4) is 0 Å². The normalized spacial score (nSPS) is 11.0. The fourth-order valence-electron chi connectivity index (χ4n) is 2.63. The van der Waals surface area contributed by atoms with Gasteiger partial charge in [0.05, 0.1) is 11.5 Å². The molecule has 0 saturated heterocycles. The maximum absolute atomic E-state index is 13.0. The van der Waals surface area contributed by atoms with E-state index >= 15 is 0 Å². The molecule has 2 heterocycles. The highest BCUT2D eigenvalue weighted by molar-refractivity contribution is 5.61. The van der Waals surface area contributed by atoms with E-state index in [0.717, 1.165) is 5.56 Å². The molecule has 2 aromatic heterocycles. The number of rotatable bonds is 4. The van der Waals surface area contributed by atoms with Crippen molar-refractivity contribution in [2.75, 3.05) is 0 Å². The topological polar surface area (TPSA) is 87.0 Å². The Morgan fingerprint density at radius 3 is 2.50 bits per heavy atom. The fourth-order valence-corrected chi connectivity index (χ4v) is 2.63. The summed E-state index contributed by atoms with van der Waals surface area (Å²) in [6.07, 6.45) is 0. The van der Waals surface area contributed by atoms with Crippen molar-refractivity contribution >= 4 is 5.69 Å². The van der Waals surface area contributed by atoms with E-state index in [1.54, 1.807) is 26.0 Å². The van der Waals surface area contributed by atoms with E-state index in [2.05, 4.69) is 10.3 Å². The third kappa shape index (κ3) is 2.66. The molecule has 0 unspecified atom stereocenters. The van der Waals surface area contributed by atoms with Crippen LogP contribution in [-0.4, -0.2) is 19.9 Å². The summed E-state index contributed by atoms with van der Waals surface area (Å²) in [7, 11) is 0. The van der Waals surface area contributed by atoms with Gasteiger partial charge in [-0.05, 0) is 45.0 Å². The first kappa shape index (κ1) is 15.9. The lowest BCUT2D eigenvalue weighted by Gasteiger charge is -2.02. The molecule has 0 spiro atoms. The van der Waals surface area contributed by atoms with Crippen molar-refractivity contribution in [1.82, 2.24) is 14.9 Å². The second-order valence-electron chi connectivity index (χ2n) is 5.52. The van der Waals surface area contributed by atoms with Crippen molar-refractivity contribution < 1.29 is 13.8 Å². The first-order valence-electron chi connectivity index (χ1n) is 7.28. The Kier molecular flexibility index (Phi) is 3.88. The molecule has 0 saturated carbocycles. The molecular weight excluding hydrogens is 315 g/mol. The Bertz CT molecular complexity index is 912. The summed E-state index contributed by atoms with van der Waals surface area (Å²) in [5, 5.41) is 19.3. The first-order valence-corrected chi connectivity index (χ1v) is 7.28. The predicted octanol–water partition coefficient (Wildman–Crippen LogP) is 3.56. The number of aromatic nitrogens is 3. The summed E-state index contributed by atoms with van der Waals surface area (Å²) in [4.78, 5) is 10.6. The number of nitro groups is 1. The van der Waals surface area contributed by atoms with E-state index in [0.29, 0.717) is 28.4 Å². The zero-order chi connectivity index (χ0) is 17.4. The third-order valence-corrected chi connectivity index (χ3v) is 3.95. The van der Waals surface area contributed by atoms with Crippen molar-refractivity contribution in [2.45, 2.75) is 27.3 Å². The van der Waals surface area contributed by atoms with Crippen LogP contribution in [-0.2, 0) is 6.54 Å². The van der Waals surface area contributed by atoms with Gasteiger partial charge in [-0.25, -0.2) is 4.39 Å². The van der Waals surface area contributed by atoms with Crippen LogP contribution in [0.25, 0.3) is 11.3 Å². The SMILES string of the molecule is Cc1nn(Cc2noc(-c3ccc(F)cc3)c2C)c(C)c1[N+](=O)[O-]. The van der Waals surface area contributed by atoms with Gasteiger partial charge in [-0.1, -0.05) is 5.16 Å². The van der Waals surface area contributed by atoms with Crippen LogP contribution in [0.1, 0.15) is 22.6 Å². The number of hydrogen-bond donors (Lipinski definition) is 0. The molecule has 3 rings (SSSR count). The Morgan fingerprint density at radius 1 is 1.25 bits per heavy atom. The molecule has 124 valence electrons. The molecule has 0 fully saturated rings. The Labute approximate surface area is 136 Å². The molecule has 24 heavy (non-hydrogen) atoms. The largest absolute Gasteiger partial charge is 0.356 e. The molecular formula is C16H15FN4O3. The van der Waals surface area contributed by atoms with Crippen LogP contribution in [0.2, 0.25) is 0 Å². The molecule has 0 amide bonds. The summed E-state index contributed by atoms with van der Waals surface area (Å²) in [6, 6.07) is 5.92. The molecule has 1 aromatic carbocycles. The van der Waals surface area contributed by atoms with Crippen LogP contribution >= 0.6 is 0 Å². The maximum atomic E-state index is 13.0. The van der Waals surface area contributed by atoms with E-state index in [-0.39, 0.29) is 18.0 Å². The minimum atomic E-state index is -0.437. The standard InChI is InChI=1S/C16H15FN4O3/c1-9-14(8-20-11(3)15(21(22)23)10(2)18-20)19-24-16(9)12-4-6-13(17)7-5-12/h4-7H,8H2,1-3H3. The molecule has 0 radical (unpaired) electrons. The molecule has 0 bridgehead atoms. The number of benzene rings is 1. The second-order valence-corrected chi connectivity index (χ2v) is 5.52. The lowest BCUT2D eigenvalue weighted by atomic mass is 10.1. The van der Waals surface area contributed by atoms with E-state index < -0.39 is 4.92 Å². The lowest BCUT2D eigenvalue weighted by molar-refractivity contribution is -0.386. The van der Waals surface area contributed by atoms with Crippen LogP contribution < -0.4 is 0 Å². The van der Waals surface area contributed by atoms with Gasteiger partial charge >= 0.3 is 5.69 Å². The molecule has 0 aliphatic heterocycles. The van der Waals surface area contributed by atoms with Gasteiger partial charge < -0.3 is 4.52 Å². The average Bonchev–Trinajstić information content (AvgIpc) is 3.01. The highest BCUT2D eigenvalue weighted by Gasteiger charge is 2.23. The van der Waals surface area contributed by atoms with E-state index in [9.17, 15) is 14.5 Å².